The van der Waals surface area contributed by atoms with Crippen molar-refractivity contribution in [3.8, 4) is 0 Å². The Hall–Kier alpha value is -0.350. The van der Waals surface area contributed by atoms with Gasteiger partial charge in [0, 0.05) is 20.1 Å². The summed E-state index contributed by atoms with van der Waals surface area (Å²) in [6.07, 6.45) is 0.975. The number of hydrogen-bond donors (Lipinski definition) is 0. The number of aromatic nitrogens is 2. The van der Waals surface area contributed by atoms with Crippen molar-refractivity contribution in [2.24, 2.45) is 13.0 Å². The van der Waals surface area contributed by atoms with Gasteiger partial charge in [0.1, 0.15) is 0 Å². The molecule has 0 saturated heterocycles. The van der Waals surface area contributed by atoms with Gasteiger partial charge in [-0.15, -0.1) is 0 Å². The van der Waals surface area contributed by atoms with Crippen molar-refractivity contribution in [2.45, 2.75) is 33.7 Å². The van der Waals surface area contributed by atoms with Crippen LogP contribution in [0.4, 0.5) is 0 Å². The third kappa shape index (κ3) is 3.32. The number of hydrogen-bond acceptors (Lipinski definition) is 2. The molecule has 0 aromatic carbocycles. The van der Waals surface area contributed by atoms with E-state index in [1.165, 1.54) is 10.2 Å². The Balaban J connectivity index is 2.76. The van der Waals surface area contributed by atoms with Crippen molar-refractivity contribution in [2.75, 3.05) is 13.6 Å². The van der Waals surface area contributed by atoms with E-state index >= 15 is 0 Å². The van der Waals surface area contributed by atoms with Gasteiger partial charge in [-0.25, -0.2) is 0 Å². The summed E-state index contributed by atoms with van der Waals surface area (Å²) in [5.41, 5.74) is 2.41. The fraction of sp³-hybridized carbons (Fsp3) is 0.750. The largest absolute Gasteiger partial charge is 0.300 e. The Morgan fingerprint density at radius 3 is 2.50 bits per heavy atom. The summed E-state index contributed by atoms with van der Waals surface area (Å²) < 4.78 is 3.16. The monoisotopic (exact) mass is 287 g/mol. The molecule has 1 rings (SSSR count). The van der Waals surface area contributed by atoms with E-state index < -0.39 is 0 Å². The summed E-state index contributed by atoms with van der Waals surface area (Å²) in [5, 5.41) is 4.50. The van der Waals surface area contributed by atoms with Gasteiger partial charge in [0.25, 0.3) is 0 Å². The van der Waals surface area contributed by atoms with Gasteiger partial charge in [0.05, 0.1) is 15.9 Å². The molecule has 0 unspecified atom stereocenters. The standard InChI is InChI=1S/C12H22BrN3/c1-6-10-12(13)11(16(5)14-10)8-15(4)7-9(2)3/h9H,6-8H2,1-5H3. The number of rotatable bonds is 5. The lowest BCUT2D eigenvalue weighted by atomic mass is 10.2. The van der Waals surface area contributed by atoms with Crippen LogP contribution in [-0.4, -0.2) is 28.3 Å². The highest BCUT2D eigenvalue weighted by Crippen LogP contribution is 2.22. The van der Waals surface area contributed by atoms with Crippen LogP contribution in [0.15, 0.2) is 4.47 Å². The van der Waals surface area contributed by atoms with Crippen LogP contribution in [-0.2, 0) is 20.0 Å². The molecule has 0 spiro atoms. The van der Waals surface area contributed by atoms with Gasteiger partial charge >= 0.3 is 0 Å². The second-order valence-corrected chi connectivity index (χ2v) is 5.57. The summed E-state index contributed by atoms with van der Waals surface area (Å²) in [5.74, 6) is 0.697. The molecule has 16 heavy (non-hydrogen) atoms. The van der Waals surface area contributed by atoms with Crippen LogP contribution in [0.25, 0.3) is 0 Å². The molecule has 1 heterocycles. The Kier molecular flexibility index (Phi) is 4.99. The molecule has 0 radical (unpaired) electrons. The van der Waals surface area contributed by atoms with E-state index in [-0.39, 0.29) is 0 Å². The lowest BCUT2D eigenvalue weighted by Crippen LogP contribution is -2.24. The Bertz CT molecular complexity index is 344. The first kappa shape index (κ1) is 13.7. The Labute approximate surface area is 107 Å². The second kappa shape index (κ2) is 5.82. The fourth-order valence-electron chi connectivity index (χ4n) is 1.94. The summed E-state index contributed by atoms with van der Waals surface area (Å²) in [7, 11) is 4.17. The first-order chi connectivity index (χ1) is 7.45. The van der Waals surface area contributed by atoms with Gasteiger partial charge in [-0.1, -0.05) is 20.8 Å². The normalized spacial score (nSPS) is 11.8. The molecule has 0 atom stereocenters. The Morgan fingerprint density at radius 2 is 2.06 bits per heavy atom. The van der Waals surface area contributed by atoms with E-state index in [0.29, 0.717) is 5.92 Å². The summed E-state index contributed by atoms with van der Waals surface area (Å²) in [6.45, 7) is 8.68. The van der Waals surface area contributed by atoms with E-state index in [1.54, 1.807) is 0 Å². The minimum atomic E-state index is 0.697. The maximum absolute atomic E-state index is 4.50. The summed E-state index contributed by atoms with van der Waals surface area (Å²) >= 11 is 3.65. The lowest BCUT2D eigenvalue weighted by Gasteiger charge is -2.19. The van der Waals surface area contributed by atoms with Crippen molar-refractivity contribution >= 4 is 15.9 Å². The fourth-order valence-corrected chi connectivity index (χ4v) is 2.68. The van der Waals surface area contributed by atoms with Crippen molar-refractivity contribution in [1.29, 1.82) is 0 Å². The van der Waals surface area contributed by atoms with Crippen molar-refractivity contribution in [3.05, 3.63) is 15.9 Å². The molecule has 3 nitrogen and oxygen atoms in total. The number of aryl methyl sites for hydroxylation is 2. The minimum absolute atomic E-state index is 0.697. The highest BCUT2D eigenvalue weighted by atomic mass is 79.9. The molecule has 0 aliphatic rings. The molecule has 0 saturated carbocycles. The van der Waals surface area contributed by atoms with Crippen LogP contribution in [0.1, 0.15) is 32.2 Å². The molecule has 1 aromatic heterocycles. The van der Waals surface area contributed by atoms with Crippen molar-refractivity contribution in [1.82, 2.24) is 14.7 Å². The predicted octanol–water partition coefficient (Wildman–Crippen LogP) is 2.83. The third-order valence-corrected chi connectivity index (χ3v) is 3.51. The highest BCUT2D eigenvalue weighted by molar-refractivity contribution is 9.10. The van der Waals surface area contributed by atoms with Crippen molar-refractivity contribution < 1.29 is 0 Å². The van der Waals surface area contributed by atoms with Gasteiger partial charge in [-0.3, -0.25) is 4.68 Å². The van der Waals surface area contributed by atoms with Gasteiger partial charge in [0.2, 0.25) is 0 Å². The molecule has 0 bridgehead atoms. The zero-order valence-electron chi connectivity index (χ0n) is 10.9. The van der Waals surface area contributed by atoms with Crippen LogP contribution >= 0.6 is 15.9 Å². The maximum Gasteiger partial charge on any atom is 0.0767 e. The van der Waals surface area contributed by atoms with Gasteiger partial charge in [0.15, 0.2) is 0 Å². The van der Waals surface area contributed by atoms with E-state index in [0.717, 1.165) is 25.2 Å². The Morgan fingerprint density at radius 1 is 1.44 bits per heavy atom. The molecule has 0 aliphatic heterocycles. The molecule has 0 amide bonds. The van der Waals surface area contributed by atoms with Crippen LogP contribution in [0.5, 0.6) is 0 Å². The lowest BCUT2D eigenvalue weighted by molar-refractivity contribution is 0.280. The topological polar surface area (TPSA) is 21.1 Å². The van der Waals surface area contributed by atoms with Crippen LogP contribution in [0, 0.1) is 5.92 Å². The maximum atomic E-state index is 4.50. The smallest absolute Gasteiger partial charge is 0.0767 e. The molecule has 1 aromatic rings. The van der Waals surface area contributed by atoms with Crippen LogP contribution in [0.3, 0.4) is 0 Å². The quantitative estimate of drug-likeness (QED) is 0.830. The SMILES string of the molecule is CCc1nn(C)c(CN(C)CC(C)C)c1Br. The zero-order valence-corrected chi connectivity index (χ0v) is 12.5. The molecule has 92 valence electrons. The van der Waals surface area contributed by atoms with E-state index in [1.807, 2.05) is 11.7 Å². The molecule has 0 N–H and O–H groups in total. The molecule has 0 aliphatic carbocycles. The summed E-state index contributed by atoms with van der Waals surface area (Å²) in [6, 6.07) is 0. The average Bonchev–Trinajstić information content (AvgIpc) is 2.44. The number of nitrogens with zero attached hydrogens (tertiary/aromatic N) is 3. The van der Waals surface area contributed by atoms with E-state index in [4.69, 9.17) is 0 Å². The number of halogens is 1. The molecular formula is C12H22BrN3. The average molecular weight is 288 g/mol. The first-order valence-corrected chi connectivity index (χ1v) is 6.63. The molecular weight excluding hydrogens is 266 g/mol. The summed E-state index contributed by atoms with van der Waals surface area (Å²) in [4.78, 5) is 2.34. The first-order valence-electron chi connectivity index (χ1n) is 5.84. The predicted molar refractivity (Wildman–Crippen MR) is 71.5 cm³/mol. The van der Waals surface area contributed by atoms with E-state index in [9.17, 15) is 0 Å². The van der Waals surface area contributed by atoms with Crippen LogP contribution < -0.4 is 0 Å². The highest BCUT2D eigenvalue weighted by Gasteiger charge is 2.14. The molecule has 4 heteroatoms. The van der Waals surface area contributed by atoms with Gasteiger partial charge in [-0.05, 0) is 35.3 Å². The third-order valence-electron chi connectivity index (χ3n) is 2.60. The van der Waals surface area contributed by atoms with Crippen molar-refractivity contribution in [3.63, 3.8) is 0 Å². The minimum Gasteiger partial charge on any atom is -0.300 e. The zero-order chi connectivity index (χ0) is 12.3. The van der Waals surface area contributed by atoms with Gasteiger partial charge < -0.3 is 4.90 Å². The van der Waals surface area contributed by atoms with E-state index in [2.05, 4.69) is 53.7 Å². The molecule has 0 fully saturated rings. The second-order valence-electron chi connectivity index (χ2n) is 4.78. The van der Waals surface area contributed by atoms with Crippen LogP contribution in [0.2, 0.25) is 0 Å². The van der Waals surface area contributed by atoms with Gasteiger partial charge in [-0.2, -0.15) is 5.10 Å².